The molecule has 0 aliphatic heterocycles. The number of anilines is 2. The van der Waals surface area contributed by atoms with Crippen molar-refractivity contribution >= 4 is 21.9 Å². The van der Waals surface area contributed by atoms with E-state index in [-0.39, 0.29) is 11.5 Å². The molecule has 0 aliphatic carbocycles. The van der Waals surface area contributed by atoms with Gasteiger partial charge in [-0.2, -0.15) is 8.42 Å². The molecule has 0 radical (unpaired) electrons. The Bertz CT molecular complexity index is 904. The zero-order chi connectivity index (χ0) is 19.9. The van der Waals surface area contributed by atoms with E-state index < -0.39 is 16.0 Å². The van der Waals surface area contributed by atoms with E-state index in [0.29, 0.717) is 29.5 Å². The molecule has 0 bridgehead atoms. The summed E-state index contributed by atoms with van der Waals surface area (Å²) in [6, 6.07) is 5.23. The van der Waals surface area contributed by atoms with Crippen LogP contribution in [-0.4, -0.2) is 41.2 Å². The first-order valence-corrected chi connectivity index (χ1v) is 8.62. The van der Waals surface area contributed by atoms with E-state index in [2.05, 4.69) is 9.97 Å². The Kier molecular flexibility index (Phi) is 7.37. The smallest absolute Gasteiger partial charge is 0.394 e. The molecule has 1 aromatic carbocycles. The molecule has 0 amide bonds. The van der Waals surface area contributed by atoms with Crippen molar-refractivity contribution in [3.8, 4) is 22.9 Å². The Labute approximate surface area is 149 Å². The van der Waals surface area contributed by atoms with Gasteiger partial charge in [-0.25, -0.2) is 4.98 Å². The number of aromatic amines is 1. The summed E-state index contributed by atoms with van der Waals surface area (Å²) in [5.74, 6) is 1.51. The Balaban J connectivity index is 0.000000597. The zero-order valence-electron chi connectivity index (χ0n) is 14.1. The lowest BCUT2D eigenvalue weighted by molar-refractivity contribution is 0.315. The number of nitrogen functional groups attached to an aromatic ring is 2. The average molecular weight is 388 g/mol. The van der Waals surface area contributed by atoms with Gasteiger partial charge in [-0.1, -0.05) is 6.92 Å². The largest absolute Gasteiger partial charge is 0.497 e. The lowest BCUT2D eigenvalue weighted by Crippen LogP contribution is -2.17. The first kappa shape index (κ1) is 21.2. The van der Waals surface area contributed by atoms with Crippen LogP contribution in [0.1, 0.15) is 13.3 Å². The number of benzene rings is 1. The number of rotatable bonds is 5. The van der Waals surface area contributed by atoms with Crippen molar-refractivity contribution in [3.63, 3.8) is 0 Å². The number of nitrogens with one attached hydrogen (secondary N) is 1. The summed E-state index contributed by atoms with van der Waals surface area (Å²) in [4.78, 5) is 18.4. The van der Waals surface area contributed by atoms with Crippen molar-refractivity contribution in [2.45, 2.75) is 13.3 Å². The van der Waals surface area contributed by atoms with Gasteiger partial charge >= 0.3 is 10.4 Å². The van der Waals surface area contributed by atoms with E-state index in [1.807, 2.05) is 6.92 Å². The number of aromatic nitrogens is 2. The van der Waals surface area contributed by atoms with Crippen molar-refractivity contribution in [2.24, 2.45) is 0 Å². The maximum absolute atomic E-state index is 11.7. The van der Waals surface area contributed by atoms with Crippen LogP contribution in [0.4, 0.5) is 11.5 Å². The molecule has 0 saturated heterocycles. The number of nitrogens with two attached hydrogens (primary N) is 2. The molecule has 2 rings (SSSR count). The van der Waals surface area contributed by atoms with Crippen LogP contribution in [0.25, 0.3) is 11.4 Å². The highest BCUT2D eigenvalue weighted by Crippen LogP contribution is 2.31. The summed E-state index contributed by atoms with van der Waals surface area (Å²) in [5.41, 5.74) is 11.2. The summed E-state index contributed by atoms with van der Waals surface area (Å²) in [6.45, 7) is 2.54. The van der Waals surface area contributed by atoms with Crippen molar-refractivity contribution in [1.29, 1.82) is 0 Å². The van der Waals surface area contributed by atoms with Gasteiger partial charge in [-0.3, -0.25) is 13.9 Å². The van der Waals surface area contributed by atoms with Crippen molar-refractivity contribution < 1.29 is 27.0 Å². The highest BCUT2D eigenvalue weighted by atomic mass is 32.3. The third-order valence-corrected chi connectivity index (χ3v) is 2.89. The first-order chi connectivity index (χ1) is 12.1. The second-order valence-corrected chi connectivity index (χ2v) is 5.77. The van der Waals surface area contributed by atoms with Gasteiger partial charge in [-0.15, -0.1) is 0 Å². The molecule has 0 spiro atoms. The molecule has 2 aromatic rings. The molecule has 11 nitrogen and oxygen atoms in total. The van der Waals surface area contributed by atoms with Gasteiger partial charge in [0.25, 0.3) is 5.56 Å². The molecule has 0 atom stereocenters. The van der Waals surface area contributed by atoms with Gasteiger partial charge in [0, 0.05) is 6.07 Å². The standard InChI is InChI=1S/C14H18N4O3.H2O4S/c1-3-6-21-10-7-8(20-2)4-5-9(10)13-17-12(16)11(15)14(19)18-13;1-5(2,3)4/h4-5,7H,3,6,15H2,1-2H3,(H3,16,17,18,19);(H2,1,2,3,4). The molecule has 0 fully saturated rings. The van der Waals surface area contributed by atoms with Gasteiger partial charge in [-0.05, 0) is 18.6 Å². The fourth-order valence-corrected chi connectivity index (χ4v) is 1.78. The number of methoxy groups -OCH3 is 1. The second-order valence-electron chi connectivity index (χ2n) is 4.87. The van der Waals surface area contributed by atoms with Crippen molar-refractivity contribution in [3.05, 3.63) is 28.6 Å². The van der Waals surface area contributed by atoms with E-state index in [4.69, 9.17) is 38.5 Å². The molecule has 12 heteroatoms. The van der Waals surface area contributed by atoms with E-state index in [0.717, 1.165) is 6.42 Å². The van der Waals surface area contributed by atoms with Crippen LogP contribution in [-0.2, 0) is 10.4 Å². The van der Waals surface area contributed by atoms with E-state index in [1.165, 1.54) is 0 Å². The van der Waals surface area contributed by atoms with Gasteiger partial charge in [0.2, 0.25) is 0 Å². The van der Waals surface area contributed by atoms with Gasteiger partial charge in [0.15, 0.2) is 5.82 Å². The molecule has 1 heterocycles. The minimum Gasteiger partial charge on any atom is -0.497 e. The summed E-state index contributed by atoms with van der Waals surface area (Å²) in [6.07, 6.45) is 0.852. The third-order valence-electron chi connectivity index (χ3n) is 2.89. The van der Waals surface area contributed by atoms with Crippen LogP contribution in [0, 0.1) is 0 Å². The lowest BCUT2D eigenvalue weighted by atomic mass is 10.1. The van der Waals surface area contributed by atoms with Gasteiger partial charge in [0.1, 0.15) is 23.0 Å². The molecule has 144 valence electrons. The number of H-pyrrole nitrogens is 1. The van der Waals surface area contributed by atoms with E-state index in [9.17, 15) is 4.79 Å². The first-order valence-electron chi connectivity index (χ1n) is 7.23. The fraction of sp³-hybridized carbons (Fsp3) is 0.286. The maximum atomic E-state index is 11.7. The third kappa shape index (κ3) is 6.58. The fourth-order valence-electron chi connectivity index (χ4n) is 1.78. The summed E-state index contributed by atoms with van der Waals surface area (Å²) >= 11 is 0. The molecule has 0 aliphatic rings. The number of nitrogens with zero attached hydrogens (tertiary/aromatic N) is 1. The van der Waals surface area contributed by atoms with Crippen LogP contribution in [0.15, 0.2) is 23.0 Å². The maximum Gasteiger partial charge on any atom is 0.394 e. The molecule has 26 heavy (non-hydrogen) atoms. The summed E-state index contributed by atoms with van der Waals surface area (Å²) in [5, 5.41) is 0. The van der Waals surface area contributed by atoms with Crippen LogP contribution in [0.5, 0.6) is 11.5 Å². The lowest BCUT2D eigenvalue weighted by Gasteiger charge is -2.12. The SMILES string of the molecule is CCCOc1cc(OC)ccc1-c1nc(N)c(N)c(=O)[nH]1.O=S(=O)(O)O. The Morgan fingerprint density at radius 2 is 1.88 bits per heavy atom. The van der Waals surface area contributed by atoms with Crippen LogP contribution < -0.4 is 26.5 Å². The highest BCUT2D eigenvalue weighted by molar-refractivity contribution is 7.79. The molecular formula is C14H20N4O7S. The Hall–Kier alpha value is -2.83. The molecule has 1 aromatic heterocycles. The van der Waals surface area contributed by atoms with Gasteiger partial charge in [0.05, 0.1) is 19.3 Å². The average Bonchev–Trinajstić information content (AvgIpc) is 2.55. The van der Waals surface area contributed by atoms with Crippen molar-refractivity contribution in [1.82, 2.24) is 9.97 Å². The Morgan fingerprint density at radius 3 is 2.38 bits per heavy atom. The van der Waals surface area contributed by atoms with Crippen LogP contribution >= 0.6 is 0 Å². The number of ether oxygens (including phenoxy) is 2. The molecular weight excluding hydrogens is 368 g/mol. The van der Waals surface area contributed by atoms with Crippen LogP contribution in [0.3, 0.4) is 0 Å². The zero-order valence-corrected chi connectivity index (χ0v) is 14.9. The minimum atomic E-state index is -4.67. The normalized spacial score (nSPS) is 10.6. The minimum absolute atomic E-state index is 0.00832. The monoisotopic (exact) mass is 388 g/mol. The van der Waals surface area contributed by atoms with Crippen LogP contribution in [0.2, 0.25) is 0 Å². The number of hydrogen-bond acceptors (Lipinski definition) is 8. The summed E-state index contributed by atoms with van der Waals surface area (Å²) < 4.78 is 42.4. The Morgan fingerprint density at radius 1 is 1.27 bits per heavy atom. The molecule has 0 unspecified atom stereocenters. The predicted octanol–water partition coefficient (Wildman–Crippen LogP) is 0.746. The highest BCUT2D eigenvalue weighted by Gasteiger charge is 2.13. The number of hydrogen-bond donors (Lipinski definition) is 5. The van der Waals surface area contributed by atoms with E-state index in [1.54, 1.807) is 25.3 Å². The predicted molar refractivity (Wildman–Crippen MR) is 95.6 cm³/mol. The van der Waals surface area contributed by atoms with Gasteiger partial charge < -0.3 is 25.9 Å². The molecule has 0 saturated carbocycles. The van der Waals surface area contributed by atoms with E-state index >= 15 is 0 Å². The quantitative estimate of drug-likeness (QED) is 0.456. The molecule has 7 N–H and O–H groups in total. The van der Waals surface area contributed by atoms with Crippen molar-refractivity contribution in [2.75, 3.05) is 25.2 Å². The topological polar surface area (TPSA) is 191 Å². The second kappa shape index (κ2) is 9.03. The summed E-state index contributed by atoms with van der Waals surface area (Å²) in [7, 11) is -3.10.